The van der Waals surface area contributed by atoms with Crippen LogP contribution >= 0.6 is 11.6 Å². The van der Waals surface area contributed by atoms with Gasteiger partial charge in [0.2, 0.25) is 17.6 Å². The van der Waals surface area contributed by atoms with Gasteiger partial charge in [0.25, 0.3) is 5.91 Å². The number of piperidine rings is 1. The van der Waals surface area contributed by atoms with Crippen LogP contribution in [-0.4, -0.2) is 45.9 Å². The van der Waals surface area contributed by atoms with E-state index in [1.807, 2.05) is 12.1 Å². The smallest absolute Gasteiger partial charge is 0.322 e. The first-order chi connectivity index (χ1) is 16.4. The summed E-state index contributed by atoms with van der Waals surface area (Å²) >= 11 is 6.28. The van der Waals surface area contributed by atoms with Crippen LogP contribution in [0.1, 0.15) is 34.3 Å². The molecule has 0 aliphatic carbocycles. The van der Waals surface area contributed by atoms with Gasteiger partial charge in [-0.05, 0) is 35.7 Å². The van der Waals surface area contributed by atoms with Crippen molar-refractivity contribution in [2.75, 3.05) is 12.4 Å². The zero-order valence-corrected chi connectivity index (χ0v) is 18.9. The molecular weight excluding hydrogens is 462 g/mol. The molecule has 1 unspecified atom stereocenters. The quantitative estimate of drug-likeness (QED) is 0.514. The maximum atomic E-state index is 12.8. The molecule has 0 saturated carbocycles. The third-order valence-corrected chi connectivity index (χ3v) is 6.19. The Kier molecular flexibility index (Phi) is 5.66. The Morgan fingerprint density at radius 2 is 2.12 bits per heavy atom. The summed E-state index contributed by atoms with van der Waals surface area (Å²) < 4.78 is 10.6. The minimum absolute atomic E-state index is 0.207. The lowest BCUT2D eigenvalue weighted by Crippen LogP contribution is -2.52. The van der Waals surface area contributed by atoms with Gasteiger partial charge in [-0.25, -0.2) is 0 Å². The highest BCUT2D eigenvalue weighted by Gasteiger charge is 2.39. The number of imide groups is 1. The van der Waals surface area contributed by atoms with Crippen molar-refractivity contribution in [2.24, 2.45) is 0 Å². The van der Waals surface area contributed by atoms with Crippen LogP contribution < -0.4 is 15.4 Å². The molecule has 2 N–H and O–H groups in total. The van der Waals surface area contributed by atoms with Crippen LogP contribution in [0.25, 0.3) is 11.4 Å². The molecule has 1 aromatic heterocycles. The summed E-state index contributed by atoms with van der Waals surface area (Å²) in [6.45, 7) is 0.687. The first kappa shape index (κ1) is 21.9. The molecule has 3 aromatic rings. The molecule has 0 radical (unpaired) electrons. The number of fused-ring (bicyclic) bond motifs is 1. The highest BCUT2D eigenvalue weighted by Crippen LogP contribution is 2.35. The van der Waals surface area contributed by atoms with Crippen molar-refractivity contribution in [2.45, 2.75) is 32.0 Å². The number of anilines is 1. The molecule has 1 saturated heterocycles. The minimum Gasteiger partial charge on any atom is -0.496 e. The molecule has 0 spiro atoms. The summed E-state index contributed by atoms with van der Waals surface area (Å²) in [5, 5.41) is 9.80. The lowest BCUT2D eigenvalue weighted by atomic mass is 10.0. The fraction of sp³-hybridized carbons (Fsp3) is 0.261. The molecule has 3 heterocycles. The predicted octanol–water partition coefficient (Wildman–Crippen LogP) is 2.77. The Bertz CT molecular complexity index is 1310. The van der Waals surface area contributed by atoms with E-state index in [-0.39, 0.29) is 24.2 Å². The predicted molar refractivity (Wildman–Crippen MR) is 121 cm³/mol. The summed E-state index contributed by atoms with van der Waals surface area (Å²) in [7, 11) is 1.54. The standard InChI is InChI=1S/C23H20ClN5O5/c1-33-17-4-2-3-15(24)19(17)20-27-23(34-28-20)25-10-12-5-6-14-13(9-12)11-29(22(14)32)16-7-8-18(30)26-21(16)31/h2-6,9,16H,7-8,10-11H2,1H3,(H,25,27,28)(H,26,30,31). The number of rotatable bonds is 6. The van der Waals surface area contributed by atoms with E-state index < -0.39 is 11.9 Å². The van der Waals surface area contributed by atoms with Gasteiger partial charge in [0.05, 0.1) is 17.7 Å². The van der Waals surface area contributed by atoms with Crippen molar-refractivity contribution in [3.63, 3.8) is 0 Å². The van der Waals surface area contributed by atoms with Crippen molar-refractivity contribution in [1.82, 2.24) is 20.4 Å². The molecule has 5 rings (SSSR count). The molecule has 2 aliphatic heterocycles. The lowest BCUT2D eigenvalue weighted by molar-refractivity contribution is -0.136. The van der Waals surface area contributed by atoms with Gasteiger partial charge in [0.1, 0.15) is 11.8 Å². The Morgan fingerprint density at radius 3 is 2.91 bits per heavy atom. The monoisotopic (exact) mass is 481 g/mol. The number of hydrogen-bond acceptors (Lipinski definition) is 8. The number of halogens is 1. The van der Waals surface area contributed by atoms with Gasteiger partial charge in [0.15, 0.2) is 0 Å². The molecule has 3 amide bonds. The molecule has 2 aliphatic rings. The lowest BCUT2D eigenvalue weighted by Gasteiger charge is -2.29. The van der Waals surface area contributed by atoms with Gasteiger partial charge < -0.3 is 19.5 Å². The molecule has 1 atom stereocenters. The van der Waals surface area contributed by atoms with E-state index in [2.05, 4.69) is 20.8 Å². The van der Waals surface area contributed by atoms with Crippen molar-refractivity contribution < 1.29 is 23.6 Å². The number of carbonyl (C=O) groups excluding carboxylic acids is 3. The van der Waals surface area contributed by atoms with E-state index in [1.54, 1.807) is 24.3 Å². The molecule has 34 heavy (non-hydrogen) atoms. The second-order valence-electron chi connectivity index (χ2n) is 7.99. The molecule has 11 heteroatoms. The van der Waals surface area contributed by atoms with Crippen LogP contribution in [0.4, 0.5) is 6.01 Å². The van der Waals surface area contributed by atoms with Gasteiger partial charge in [-0.1, -0.05) is 35.0 Å². The van der Waals surface area contributed by atoms with Crippen LogP contribution in [0.2, 0.25) is 5.02 Å². The van der Waals surface area contributed by atoms with E-state index in [0.29, 0.717) is 47.2 Å². The molecule has 0 bridgehead atoms. The summed E-state index contributed by atoms with van der Waals surface area (Å²) in [6, 6.07) is 10.3. The molecular formula is C23H20ClN5O5. The van der Waals surface area contributed by atoms with Crippen molar-refractivity contribution in [3.05, 3.63) is 58.1 Å². The zero-order chi connectivity index (χ0) is 23.8. The van der Waals surface area contributed by atoms with Gasteiger partial charge >= 0.3 is 6.01 Å². The number of aromatic nitrogens is 2. The van der Waals surface area contributed by atoms with E-state index in [1.165, 1.54) is 12.0 Å². The molecule has 1 fully saturated rings. The topological polar surface area (TPSA) is 127 Å². The number of carbonyl (C=O) groups is 3. The Labute approximate surface area is 199 Å². The number of amides is 3. The Hall–Kier alpha value is -3.92. The van der Waals surface area contributed by atoms with Crippen molar-refractivity contribution >= 4 is 35.3 Å². The molecule has 174 valence electrons. The highest BCUT2D eigenvalue weighted by atomic mass is 35.5. The van der Waals surface area contributed by atoms with E-state index in [0.717, 1.165) is 11.1 Å². The maximum Gasteiger partial charge on any atom is 0.322 e. The third-order valence-electron chi connectivity index (χ3n) is 5.88. The Morgan fingerprint density at radius 1 is 1.26 bits per heavy atom. The van der Waals surface area contributed by atoms with Crippen LogP contribution in [0.3, 0.4) is 0 Å². The van der Waals surface area contributed by atoms with Gasteiger partial charge in [-0.3, -0.25) is 19.7 Å². The minimum atomic E-state index is -0.641. The average molecular weight is 482 g/mol. The third kappa shape index (κ3) is 3.96. The highest BCUT2D eigenvalue weighted by molar-refractivity contribution is 6.33. The first-order valence-electron chi connectivity index (χ1n) is 10.6. The van der Waals surface area contributed by atoms with Gasteiger partial charge in [-0.2, -0.15) is 4.98 Å². The largest absolute Gasteiger partial charge is 0.496 e. The van der Waals surface area contributed by atoms with E-state index in [4.69, 9.17) is 20.9 Å². The summed E-state index contributed by atoms with van der Waals surface area (Å²) in [4.78, 5) is 42.3. The van der Waals surface area contributed by atoms with E-state index >= 15 is 0 Å². The summed E-state index contributed by atoms with van der Waals surface area (Å²) in [5.41, 5.74) is 2.81. The van der Waals surface area contributed by atoms with E-state index in [9.17, 15) is 14.4 Å². The number of benzene rings is 2. The van der Waals surface area contributed by atoms with Crippen LogP contribution in [0, 0.1) is 0 Å². The number of ether oxygens (including phenoxy) is 1. The van der Waals surface area contributed by atoms with Crippen molar-refractivity contribution in [1.29, 1.82) is 0 Å². The summed E-state index contributed by atoms with van der Waals surface area (Å²) in [5.74, 6) is -0.120. The van der Waals surface area contributed by atoms with Gasteiger partial charge in [0, 0.05) is 25.1 Å². The van der Waals surface area contributed by atoms with Crippen LogP contribution in [0.5, 0.6) is 5.75 Å². The number of methoxy groups -OCH3 is 1. The number of nitrogens with zero attached hydrogens (tertiary/aromatic N) is 3. The maximum absolute atomic E-state index is 12.8. The first-order valence-corrected chi connectivity index (χ1v) is 11.0. The molecule has 2 aromatic carbocycles. The Balaban J connectivity index is 1.28. The van der Waals surface area contributed by atoms with Gasteiger partial charge in [-0.15, -0.1) is 0 Å². The average Bonchev–Trinajstić information content (AvgIpc) is 3.42. The second kappa shape index (κ2) is 8.79. The summed E-state index contributed by atoms with van der Waals surface area (Å²) in [6.07, 6.45) is 0.548. The fourth-order valence-corrected chi connectivity index (χ4v) is 4.45. The zero-order valence-electron chi connectivity index (χ0n) is 18.1. The van der Waals surface area contributed by atoms with Crippen LogP contribution in [-0.2, 0) is 22.7 Å². The van der Waals surface area contributed by atoms with Crippen molar-refractivity contribution in [3.8, 4) is 17.1 Å². The molecule has 10 nitrogen and oxygen atoms in total. The fourth-order valence-electron chi connectivity index (χ4n) is 4.20. The normalized spacial score (nSPS) is 17.5. The number of nitrogens with one attached hydrogen (secondary N) is 2. The SMILES string of the molecule is COc1cccc(Cl)c1-c1noc(NCc2ccc3c(c2)CN(C2CCC(=O)NC2=O)C3=O)n1. The number of hydrogen-bond donors (Lipinski definition) is 2. The van der Waals surface area contributed by atoms with Crippen LogP contribution in [0.15, 0.2) is 40.9 Å². The second-order valence-corrected chi connectivity index (χ2v) is 8.39.